The Morgan fingerprint density at radius 2 is 0.946 bits per heavy atom. The van der Waals surface area contributed by atoms with Crippen molar-refractivity contribution in [2.75, 3.05) is 0 Å². The molecule has 0 saturated heterocycles. The molecule has 37 heavy (non-hydrogen) atoms. The molecule has 0 saturated carbocycles. The average Bonchev–Trinajstić information content (AvgIpc) is 2.78. The highest BCUT2D eigenvalue weighted by atomic mass is 16.4. The van der Waals surface area contributed by atoms with Crippen molar-refractivity contribution >= 4 is 29.1 Å². The Bertz CT molecular complexity index is 1190. The maximum absolute atomic E-state index is 13.0. The fraction of sp³-hybridized carbons (Fsp3) is 0.452. The summed E-state index contributed by atoms with van der Waals surface area (Å²) in [6.45, 7) is 10.6. The molecule has 6 heteroatoms. The number of ketones is 4. The molecule has 0 bridgehead atoms. The molecule has 2 aromatic rings. The normalized spacial score (nSPS) is 12.2. The summed E-state index contributed by atoms with van der Waals surface area (Å²) in [5, 5.41) is 9.49. The van der Waals surface area contributed by atoms with Gasteiger partial charge in [-0.1, -0.05) is 48.5 Å². The van der Waals surface area contributed by atoms with Crippen molar-refractivity contribution in [3.8, 4) is 0 Å². The van der Waals surface area contributed by atoms with Crippen LogP contribution in [0.1, 0.15) is 70.7 Å². The molecule has 0 aliphatic rings. The molecule has 0 atom stereocenters. The highest BCUT2D eigenvalue weighted by Gasteiger charge is 2.41. The highest BCUT2D eigenvalue weighted by molar-refractivity contribution is 6.06. The lowest BCUT2D eigenvalue weighted by Crippen LogP contribution is -2.41. The summed E-state index contributed by atoms with van der Waals surface area (Å²) in [5.74, 6) is -1.82. The lowest BCUT2D eigenvalue weighted by atomic mass is 9.70. The summed E-state index contributed by atoms with van der Waals surface area (Å²) in [4.78, 5) is 62.1. The predicted molar refractivity (Wildman–Crippen MR) is 142 cm³/mol. The van der Waals surface area contributed by atoms with Crippen molar-refractivity contribution in [2.24, 2.45) is 16.2 Å². The number of carbonyl (C=O) groups excluding carboxylic acids is 4. The van der Waals surface area contributed by atoms with Crippen LogP contribution >= 0.6 is 0 Å². The van der Waals surface area contributed by atoms with Crippen LogP contribution in [0.15, 0.2) is 48.5 Å². The van der Waals surface area contributed by atoms with Gasteiger partial charge in [-0.05, 0) is 96.4 Å². The summed E-state index contributed by atoms with van der Waals surface area (Å²) in [5.41, 5.74) is -0.247. The van der Waals surface area contributed by atoms with Gasteiger partial charge in [0.25, 0.3) is 0 Å². The molecule has 198 valence electrons. The van der Waals surface area contributed by atoms with Crippen LogP contribution in [0.4, 0.5) is 0 Å². The molecule has 1 N–H and O–H groups in total. The minimum absolute atomic E-state index is 0.174. The van der Waals surface area contributed by atoms with E-state index in [4.69, 9.17) is 0 Å². The summed E-state index contributed by atoms with van der Waals surface area (Å²) in [7, 11) is 0. The largest absolute Gasteiger partial charge is 0.481 e. The summed E-state index contributed by atoms with van der Waals surface area (Å²) in [6.07, 6.45) is 0.908. The smallest absolute Gasteiger partial charge is 0.309 e. The van der Waals surface area contributed by atoms with Crippen LogP contribution in [0.5, 0.6) is 0 Å². The van der Waals surface area contributed by atoms with Crippen LogP contribution in [0.3, 0.4) is 0 Å². The van der Waals surface area contributed by atoms with Gasteiger partial charge in [0.05, 0.1) is 16.2 Å². The summed E-state index contributed by atoms with van der Waals surface area (Å²) >= 11 is 0. The van der Waals surface area contributed by atoms with Gasteiger partial charge in [-0.25, -0.2) is 0 Å². The molecular formula is C31H38O6. The number of rotatable bonds is 13. The minimum atomic E-state index is -1.30. The van der Waals surface area contributed by atoms with Crippen LogP contribution in [-0.2, 0) is 49.7 Å². The van der Waals surface area contributed by atoms with Gasteiger partial charge in [-0.3, -0.25) is 24.0 Å². The van der Waals surface area contributed by atoms with Gasteiger partial charge >= 0.3 is 5.97 Å². The van der Waals surface area contributed by atoms with Crippen LogP contribution < -0.4 is 0 Å². The number of hydrogen-bond donors (Lipinski definition) is 1. The lowest BCUT2D eigenvalue weighted by Gasteiger charge is -2.30. The van der Waals surface area contributed by atoms with E-state index in [1.807, 2.05) is 48.5 Å². The molecule has 0 amide bonds. The van der Waals surface area contributed by atoms with Gasteiger partial charge in [0.1, 0.15) is 23.1 Å². The first-order valence-corrected chi connectivity index (χ1v) is 12.5. The fourth-order valence-corrected chi connectivity index (χ4v) is 4.70. The van der Waals surface area contributed by atoms with Crippen molar-refractivity contribution < 1.29 is 29.1 Å². The van der Waals surface area contributed by atoms with Crippen LogP contribution in [0, 0.1) is 16.2 Å². The van der Waals surface area contributed by atoms with Crippen molar-refractivity contribution in [2.45, 2.75) is 74.1 Å². The first kappa shape index (κ1) is 29.8. The maximum Gasteiger partial charge on any atom is 0.309 e. The Kier molecular flexibility index (Phi) is 9.13. The first-order chi connectivity index (χ1) is 17.0. The molecule has 0 heterocycles. The molecule has 0 fully saturated rings. The van der Waals surface area contributed by atoms with Gasteiger partial charge in [0, 0.05) is 0 Å². The number of hydrogen-bond acceptors (Lipinski definition) is 5. The third-order valence-corrected chi connectivity index (χ3v) is 7.68. The monoisotopic (exact) mass is 506 g/mol. The van der Waals surface area contributed by atoms with Gasteiger partial charge in [-0.15, -0.1) is 0 Å². The van der Waals surface area contributed by atoms with Crippen molar-refractivity contribution in [1.82, 2.24) is 0 Å². The van der Waals surface area contributed by atoms with Gasteiger partial charge < -0.3 is 5.11 Å². The molecule has 0 aliphatic heterocycles. The third-order valence-electron chi connectivity index (χ3n) is 7.68. The fourth-order valence-electron chi connectivity index (χ4n) is 4.70. The average molecular weight is 507 g/mol. The molecule has 2 rings (SSSR count). The Labute approximate surface area is 219 Å². The molecular weight excluding hydrogens is 468 g/mol. The molecule has 2 aromatic carbocycles. The number of carboxylic acids is 1. The van der Waals surface area contributed by atoms with E-state index in [0.717, 1.165) is 22.3 Å². The van der Waals surface area contributed by atoms with E-state index in [-0.39, 0.29) is 42.4 Å². The highest BCUT2D eigenvalue weighted by Crippen LogP contribution is 2.33. The minimum Gasteiger partial charge on any atom is -0.481 e. The Morgan fingerprint density at radius 1 is 0.595 bits per heavy atom. The summed E-state index contributed by atoms with van der Waals surface area (Å²) in [6, 6.07) is 14.7. The van der Waals surface area contributed by atoms with Gasteiger partial charge in [-0.2, -0.15) is 0 Å². The third kappa shape index (κ3) is 6.88. The first-order valence-electron chi connectivity index (χ1n) is 12.5. The Balaban J connectivity index is 2.43. The number of carboxylic acid groups (broad SMARTS) is 1. The summed E-state index contributed by atoms with van der Waals surface area (Å²) < 4.78 is 0. The van der Waals surface area contributed by atoms with E-state index in [2.05, 4.69) is 0 Å². The zero-order valence-corrected chi connectivity index (χ0v) is 22.9. The number of Topliss-reactive ketones (excluding diaryl/α,β-unsaturated/α-hetero) is 4. The van der Waals surface area contributed by atoms with Crippen LogP contribution in [0.2, 0.25) is 0 Å². The Hall–Kier alpha value is -3.41. The number of benzene rings is 2. The molecule has 0 aromatic heterocycles. The second kappa shape index (κ2) is 11.3. The number of carbonyl (C=O) groups is 5. The van der Waals surface area contributed by atoms with Gasteiger partial charge in [0.15, 0.2) is 0 Å². The quantitative estimate of drug-likeness (QED) is 0.383. The predicted octanol–water partition coefficient (Wildman–Crippen LogP) is 5.02. The van der Waals surface area contributed by atoms with Crippen molar-refractivity contribution in [3.63, 3.8) is 0 Å². The molecule has 0 aliphatic carbocycles. The van der Waals surface area contributed by atoms with E-state index in [1.165, 1.54) is 27.7 Å². The molecule has 6 nitrogen and oxygen atoms in total. The second-order valence-corrected chi connectivity index (χ2v) is 11.2. The molecule has 0 spiro atoms. The SMILES string of the molecule is CC(=O)C(C)(Cc1cccc(CC(Cc2cccc(CC(C)(C)C(=O)O)c2)(C(C)=O)C(C)=O)c1)C(C)=O. The molecule has 0 radical (unpaired) electrons. The van der Waals surface area contributed by atoms with Crippen molar-refractivity contribution in [3.05, 3.63) is 70.8 Å². The Morgan fingerprint density at radius 3 is 1.27 bits per heavy atom. The lowest BCUT2D eigenvalue weighted by molar-refractivity contribution is -0.147. The van der Waals surface area contributed by atoms with Crippen LogP contribution in [-0.4, -0.2) is 34.2 Å². The van der Waals surface area contributed by atoms with E-state index < -0.39 is 22.2 Å². The second-order valence-electron chi connectivity index (χ2n) is 11.2. The zero-order chi connectivity index (χ0) is 28.2. The van der Waals surface area contributed by atoms with E-state index in [0.29, 0.717) is 6.42 Å². The van der Waals surface area contributed by atoms with Gasteiger partial charge in [0.2, 0.25) is 0 Å². The van der Waals surface area contributed by atoms with Crippen LogP contribution in [0.25, 0.3) is 0 Å². The van der Waals surface area contributed by atoms with E-state index in [1.54, 1.807) is 20.8 Å². The molecule has 0 unspecified atom stereocenters. The van der Waals surface area contributed by atoms with E-state index in [9.17, 15) is 29.1 Å². The zero-order valence-electron chi connectivity index (χ0n) is 22.9. The maximum atomic E-state index is 13.0. The van der Waals surface area contributed by atoms with E-state index >= 15 is 0 Å². The van der Waals surface area contributed by atoms with Crippen molar-refractivity contribution in [1.29, 1.82) is 0 Å². The number of aliphatic carboxylic acids is 1. The standard InChI is InChI=1S/C31H38O6/c1-20(32)30(7,21(2)33)17-25-11-9-13-27(15-25)19-31(22(3)34,23(4)35)18-26-12-8-10-24(14-26)16-29(5,6)28(36)37/h8-15H,16-19H2,1-7H3,(H,36,37). The topological polar surface area (TPSA) is 106 Å².